The van der Waals surface area contributed by atoms with Gasteiger partial charge in [0.15, 0.2) is 6.61 Å². The number of ether oxygens (including phenoxy) is 1. The number of amides is 1. The maximum absolute atomic E-state index is 11.3. The van der Waals surface area contributed by atoms with Gasteiger partial charge in [0.25, 0.3) is 5.91 Å². The number of nitrogens with one attached hydrogen (secondary N) is 1. The molecule has 1 N–H and O–H groups in total. The summed E-state index contributed by atoms with van der Waals surface area (Å²) in [6, 6.07) is 7.70. The van der Waals surface area contributed by atoms with Gasteiger partial charge in [-0.3, -0.25) is 4.79 Å². The molecule has 0 fully saturated rings. The largest absolute Gasteiger partial charge is 0.484 e. The molecule has 0 heterocycles. The molecule has 4 heteroatoms. The number of hydrogen-bond donors (Lipinski definition) is 1. The van der Waals surface area contributed by atoms with Crippen LogP contribution in [-0.2, 0) is 11.2 Å². The van der Waals surface area contributed by atoms with Gasteiger partial charge in [-0.1, -0.05) is 26.0 Å². The highest BCUT2D eigenvalue weighted by molar-refractivity contribution is 5.78. The van der Waals surface area contributed by atoms with Crippen LogP contribution < -0.4 is 10.2 Å². The van der Waals surface area contributed by atoms with Crippen molar-refractivity contribution in [2.45, 2.75) is 26.7 Å². The molecule has 0 spiro atoms. The van der Waals surface area contributed by atoms with Gasteiger partial charge in [0.05, 0.1) is 0 Å². The minimum atomic E-state index is -0.255. The first-order valence-electron chi connectivity index (χ1n) is 5.78. The van der Waals surface area contributed by atoms with E-state index in [9.17, 15) is 4.79 Å². The maximum Gasteiger partial charge on any atom is 0.277 e. The summed E-state index contributed by atoms with van der Waals surface area (Å²) in [5.41, 5.74) is 3.63. The summed E-state index contributed by atoms with van der Waals surface area (Å²) in [5, 5.41) is 3.72. The summed E-state index contributed by atoms with van der Waals surface area (Å²) in [5.74, 6) is 0.436. The molecule has 0 aliphatic rings. The number of nitrogens with zero attached hydrogens (tertiary/aromatic N) is 1. The quantitative estimate of drug-likeness (QED) is 0.605. The third-order valence-electron chi connectivity index (χ3n) is 2.16. The van der Waals surface area contributed by atoms with E-state index in [0.717, 1.165) is 12.8 Å². The minimum Gasteiger partial charge on any atom is -0.484 e. The molecule has 0 aromatic heterocycles. The molecule has 1 aromatic rings. The van der Waals surface area contributed by atoms with Crippen LogP contribution in [0.2, 0.25) is 0 Å². The number of hydrogen-bond acceptors (Lipinski definition) is 3. The lowest BCUT2D eigenvalue weighted by atomic mass is 10.2. The fraction of sp³-hybridized carbons (Fsp3) is 0.385. The molecule has 17 heavy (non-hydrogen) atoms. The zero-order valence-corrected chi connectivity index (χ0v) is 10.3. The van der Waals surface area contributed by atoms with E-state index in [1.165, 1.54) is 5.56 Å². The first-order chi connectivity index (χ1) is 8.26. The van der Waals surface area contributed by atoms with E-state index in [4.69, 9.17) is 4.74 Å². The maximum atomic E-state index is 11.3. The molecule has 4 nitrogen and oxygen atoms in total. The van der Waals surface area contributed by atoms with Crippen molar-refractivity contribution >= 4 is 12.1 Å². The lowest BCUT2D eigenvalue weighted by Crippen LogP contribution is -2.24. The SMILES string of the molecule is CC/C=N/NC(=O)COc1ccc(CC)cc1. The topological polar surface area (TPSA) is 50.7 Å². The van der Waals surface area contributed by atoms with Gasteiger partial charge < -0.3 is 4.74 Å². The number of carbonyl (C=O) groups excluding carboxylic acids is 1. The van der Waals surface area contributed by atoms with Crippen molar-refractivity contribution in [2.75, 3.05) is 6.61 Å². The van der Waals surface area contributed by atoms with Crippen LogP contribution in [-0.4, -0.2) is 18.7 Å². The third kappa shape index (κ3) is 5.15. The van der Waals surface area contributed by atoms with Crippen molar-refractivity contribution < 1.29 is 9.53 Å². The molecule has 0 bridgehead atoms. The van der Waals surface area contributed by atoms with Gasteiger partial charge in [0.2, 0.25) is 0 Å². The second kappa shape index (κ2) is 7.44. The summed E-state index contributed by atoms with van der Waals surface area (Å²) in [6.07, 6.45) is 3.42. The zero-order valence-electron chi connectivity index (χ0n) is 10.3. The Hall–Kier alpha value is -1.84. The molecule has 0 saturated heterocycles. The fourth-order valence-corrected chi connectivity index (χ4v) is 1.21. The number of carbonyl (C=O) groups is 1. The highest BCUT2D eigenvalue weighted by Gasteiger charge is 2.00. The molecule has 0 aliphatic heterocycles. The first kappa shape index (κ1) is 13.2. The average molecular weight is 234 g/mol. The Balaban J connectivity index is 2.34. The van der Waals surface area contributed by atoms with E-state index in [2.05, 4.69) is 17.5 Å². The number of hydrazone groups is 1. The van der Waals surface area contributed by atoms with Crippen LogP contribution >= 0.6 is 0 Å². The van der Waals surface area contributed by atoms with E-state index in [-0.39, 0.29) is 12.5 Å². The predicted octanol–water partition coefficient (Wildman–Crippen LogP) is 2.14. The lowest BCUT2D eigenvalue weighted by molar-refractivity contribution is -0.123. The van der Waals surface area contributed by atoms with Crippen molar-refractivity contribution in [3.05, 3.63) is 29.8 Å². The van der Waals surface area contributed by atoms with Gasteiger partial charge in [-0.15, -0.1) is 0 Å². The Morgan fingerprint density at radius 2 is 2.06 bits per heavy atom. The van der Waals surface area contributed by atoms with Gasteiger partial charge in [-0.05, 0) is 30.5 Å². The first-order valence-corrected chi connectivity index (χ1v) is 5.78. The predicted molar refractivity (Wildman–Crippen MR) is 68.2 cm³/mol. The molecule has 1 amide bonds. The number of benzene rings is 1. The Morgan fingerprint density at radius 3 is 2.65 bits per heavy atom. The van der Waals surface area contributed by atoms with Crippen molar-refractivity contribution in [3.63, 3.8) is 0 Å². The highest BCUT2D eigenvalue weighted by Crippen LogP contribution is 2.12. The van der Waals surface area contributed by atoms with Crippen molar-refractivity contribution in [2.24, 2.45) is 5.10 Å². The fourth-order valence-electron chi connectivity index (χ4n) is 1.21. The smallest absolute Gasteiger partial charge is 0.277 e. The Bertz CT molecular complexity index is 372. The molecular weight excluding hydrogens is 216 g/mol. The molecule has 0 saturated carbocycles. The Morgan fingerprint density at radius 1 is 1.35 bits per heavy atom. The molecule has 0 radical (unpaired) electrons. The standard InChI is InChI=1S/C13H18N2O2/c1-3-9-14-15-13(16)10-17-12-7-5-11(4-2)6-8-12/h5-9H,3-4,10H2,1-2H3,(H,15,16)/b14-9+. The zero-order chi connectivity index (χ0) is 12.5. The van der Waals surface area contributed by atoms with Crippen molar-refractivity contribution in [1.82, 2.24) is 5.43 Å². The van der Waals surface area contributed by atoms with Crippen LogP contribution in [0.3, 0.4) is 0 Å². The van der Waals surface area contributed by atoms with Crippen LogP contribution in [0.5, 0.6) is 5.75 Å². The molecule has 0 unspecified atom stereocenters. The second-order valence-electron chi connectivity index (χ2n) is 3.54. The van der Waals surface area contributed by atoms with Crippen LogP contribution in [0, 0.1) is 0 Å². The van der Waals surface area contributed by atoms with Crippen LogP contribution in [0.1, 0.15) is 25.8 Å². The summed E-state index contributed by atoms with van der Waals surface area (Å²) >= 11 is 0. The van der Waals surface area contributed by atoms with E-state index >= 15 is 0 Å². The normalized spacial score (nSPS) is 10.5. The molecule has 1 aromatic carbocycles. The van der Waals surface area contributed by atoms with E-state index < -0.39 is 0 Å². The van der Waals surface area contributed by atoms with Crippen LogP contribution in [0.15, 0.2) is 29.4 Å². The van der Waals surface area contributed by atoms with E-state index in [1.807, 2.05) is 31.2 Å². The lowest BCUT2D eigenvalue weighted by Gasteiger charge is -2.05. The average Bonchev–Trinajstić information content (AvgIpc) is 2.37. The minimum absolute atomic E-state index is 0.0213. The van der Waals surface area contributed by atoms with Crippen LogP contribution in [0.25, 0.3) is 0 Å². The van der Waals surface area contributed by atoms with E-state index in [0.29, 0.717) is 5.75 Å². The Kier molecular flexibility index (Phi) is 5.79. The van der Waals surface area contributed by atoms with Gasteiger partial charge in [-0.2, -0.15) is 5.10 Å². The molecule has 0 aliphatic carbocycles. The van der Waals surface area contributed by atoms with Gasteiger partial charge >= 0.3 is 0 Å². The Labute approximate surface area is 102 Å². The highest BCUT2D eigenvalue weighted by atomic mass is 16.5. The number of rotatable bonds is 6. The van der Waals surface area contributed by atoms with Crippen LogP contribution in [0.4, 0.5) is 0 Å². The van der Waals surface area contributed by atoms with Crippen molar-refractivity contribution in [1.29, 1.82) is 0 Å². The van der Waals surface area contributed by atoms with Crippen molar-refractivity contribution in [3.8, 4) is 5.75 Å². The summed E-state index contributed by atoms with van der Waals surface area (Å²) in [4.78, 5) is 11.3. The summed E-state index contributed by atoms with van der Waals surface area (Å²) < 4.78 is 5.31. The third-order valence-corrected chi connectivity index (χ3v) is 2.16. The summed E-state index contributed by atoms with van der Waals surface area (Å²) in [6.45, 7) is 4.02. The number of aryl methyl sites for hydroxylation is 1. The monoisotopic (exact) mass is 234 g/mol. The second-order valence-corrected chi connectivity index (χ2v) is 3.54. The van der Waals surface area contributed by atoms with E-state index in [1.54, 1.807) is 6.21 Å². The molecule has 0 atom stereocenters. The van der Waals surface area contributed by atoms with Gasteiger partial charge in [-0.25, -0.2) is 5.43 Å². The molecular formula is C13H18N2O2. The molecule has 1 rings (SSSR count). The van der Waals surface area contributed by atoms with Gasteiger partial charge in [0.1, 0.15) is 5.75 Å². The van der Waals surface area contributed by atoms with Gasteiger partial charge in [0, 0.05) is 6.21 Å². The molecule has 92 valence electrons. The summed E-state index contributed by atoms with van der Waals surface area (Å²) in [7, 11) is 0.